The van der Waals surface area contributed by atoms with Crippen molar-refractivity contribution in [1.82, 2.24) is 4.90 Å². The molecule has 0 aliphatic carbocycles. The number of hydrogen-bond acceptors (Lipinski definition) is 1. The summed E-state index contributed by atoms with van der Waals surface area (Å²) in [7, 11) is 0. The summed E-state index contributed by atoms with van der Waals surface area (Å²) in [4.78, 5) is 14.5. The Balaban J connectivity index is 1.86. The van der Waals surface area contributed by atoms with Gasteiger partial charge >= 0.3 is 12.4 Å². The first kappa shape index (κ1) is 22.8. The molecule has 172 valence electrons. The summed E-state index contributed by atoms with van der Waals surface area (Å²) >= 11 is 0. The van der Waals surface area contributed by atoms with Crippen LogP contribution in [0.2, 0.25) is 0 Å². The smallest absolute Gasteiger partial charge is 0.327 e. The van der Waals surface area contributed by atoms with Gasteiger partial charge in [0.15, 0.2) is 0 Å². The molecule has 2 nitrogen and oxygen atoms in total. The SMILES string of the molecule is O=C(c1cc(C(F)(F)F)cc(C(F)(F)F)c1)N1CCc2ccccc2C1c1ccccc1F. The number of alkyl halides is 6. The van der Waals surface area contributed by atoms with E-state index in [4.69, 9.17) is 0 Å². The number of fused-ring (bicyclic) bond motifs is 1. The highest BCUT2D eigenvalue weighted by molar-refractivity contribution is 5.95. The maximum atomic E-state index is 14.7. The van der Waals surface area contributed by atoms with E-state index in [1.807, 2.05) is 0 Å². The van der Waals surface area contributed by atoms with E-state index in [9.17, 15) is 35.5 Å². The molecule has 0 bridgehead atoms. The van der Waals surface area contributed by atoms with Gasteiger partial charge in [-0.15, -0.1) is 0 Å². The van der Waals surface area contributed by atoms with Crippen molar-refractivity contribution in [2.24, 2.45) is 0 Å². The third kappa shape index (κ3) is 4.44. The van der Waals surface area contributed by atoms with Gasteiger partial charge in [0.1, 0.15) is 5.82 Å². The maximum Gasteiger partial charge on any atom is 0.416 e. The summed E-state index contributed by atoms with van der Waals surface area (Å²) in [5.41, 5.74) is -2.46. The molecule has 3 aromatic rings. The molecule has 0 radical (unpaired) electrons. The van der Waals surface area contributed by atoms with Gasteiger partial charge in [-0.05, 0) is 41.8 Å². The minimum atomic E-state index is -5.09. The Labute approximate surface area is 184 Å². The van der Waals surface area contributed by atoms with Crippen molar-refractivity contribution in [2.75, 3.05) is 6.54 Å². The molecular formula is C24H16F7NO. The fourth-order valence-corrected chi connectivity index (χ4v) is 4.06. The number of amides is 1. The zero-order valence-electron chi connectivity index (χ0n) is 16.8. The summed E-state index contributed by atoms with van der Waals surface area (Å²) in [6.07, 6.45) is -9.86. The third-order valence-electron chi connectivity index (χ3n) is 5.58. The van der Waals surface area contributed by atoms with Crippen LogP contribution in [0, 0.1) is 5.82 Å². The molecular weight excluding hydrogens is 451 g/mol. The van der Waals surface area contributed by atoms with E-state index in [1.54, 1.807) is 30.3 Å². The highest BCUT2D eigenvalue weighted by Crippen LogP contribution is 2.40. The Morgan fingerprint density at radius 3 is 1.91 bits per heavy atom. The molecule has 3 aromatic carbocycles. The van der Waals surface area contributed by atoms with Gasteiger partial charge < -0.3 is 4.90 Å². The minimum Gasteiger partial charge on any atom is -0.327 e. The van der Waals surface area contributed by atoms with Crippen molar-refractivity contribution in [2.45, 2.75) is 24.8 Å². The van der Waals surface area contributed by atoms with E-state index >= 15 is 0 Å². The second kappa shape index (κ2) is 8.20. The minimum absolute atomic E-state index is 0.00750. The van der Waals surface area contributed by atoms with Crippen LogP contribution in [0.4, 0.5) is 30.7 Å². The molecule has 0 spiro atoms. The number of rotatable bonds is 2. The topological polar surface area (TPSA) is 20.3 Å². The zero-order valence-corrected chi connectivity index (χ0v) is 16.8. The predicted octanol–water partition coefficient (Wildman–Crippen LogP) is 6.65. The number of benzene rings is 3. The van der Waals surface area contributed by atoms with E-state index in [0.717, 1.165) is 10.5 Å². The Hall–Kier alpha value is -3.36. The first-order valence-electron chi connectivity index (χ1n) is 9.89. The molecule has 1 aliphatic rings. The first-order chi connectivity index (χ1) is 15.5. The van der Waals surface area contributed by atoms with Crippen LogP contribution < -0.4 is 0 Å². The first-order valence-corrected chi connectivity index (χ1v) is 9.89. The molecule has 0 saturated carbocycles. The highest BCUT2D eigenvalue weighted by atomic mass is 19.4. The fourth-order valence-electron chi connectivity index (χ4n) is 4.06. The van der Waals surface area contributed by atoms with Gasteiger partial charge in [-0.1, -0.05) is 42.5 Å². The summed E-state index contributed by atoms with van der Waals surface area (Å²) in [6, 6.07) is 12.3. The Kier molecular flexibility index (Phi) is 5.67. The quantitative estimate of drug-likeness (QED) is 0.387. The van der Waals surface area contributed by atoms with Crippen molar-refractivity contribution < 1.29 is 35.5 Å². The summed E-state index contributed by atoms with van der Waals surface area (Å²) in [5, 5.41) is 0. The van der Waals surface area contributed by atoms with E-state index in [1.165, 1.54) is 18.2 Å². The van der Waals surface area contributed by atoms with E-state index in [2.05, 4.69) is 0 Å². The van der Waals surface area contributed by atoms with Crippen LogP contribution >= 0.6 is 0 Å². The molecule has 1 atom stereocenters. The van der Waals surface area contributed by atoms with E-state index in [-0.39, 0.29) is 18.2 Å². The zero-order chi connectivity index (χ0) is 24.0. The summed E-state index contributed by atoms with van der Waals surface area (Å²) in [5.74, 6) is -1.69. The van der Waals surface area contributed by atoms with Crippen molar-refractivity contribution in [1.29, 1.82) is 0 Å². The number of carbonyl (C=O) groups excluding carboxylic acids is 1. The molecule has 1 aliphatic heterocycles. The average molecular weight is 467 g/mol. The Morgan fingerprint density at radius 1 is 0.788 bits per heavy atom. The second-order valence-corrected chi connectivity index (χ2v) is 7.67. The van der Waals surface area contributed by atoms with Crippen molar-refractivity contribution in [3.8, 4) is 0 Å². The molecule has 0 fully saturated rings. The molecule has 1 heterocycles. The lowest BCUT2D eigenvalue weighted by Crippen LogP contribution is -2.41. The van der Waals surface area contributed by atoms with Gasteiger partial charge in [0.05, 0.1) is 17.2 Å². The van der Waals surface area contributed by atoms with Gasteiger partial charge in [-0.25, -0.2) is 4.39 Å². The molecule has 33 heavy (non-hydrogen) atoms. The summed E-state index contributed by atoms with van der Waals surface area (Å²) in [6.45, 7) is -0.00750. The fraction of sp³-hybridized carbons (Fsp3) is 0.208. The number of nitrogens with zero attached hydrogens (tertiary/aromatic N) is 1. The van der Waals surface area contributed by atoms with Crippen LogP contribution in [0.1, 0.15) is 44.2 Å². The molecule has 4 rings (SSSR count). The molecule has 9 heteroatoms. The van der Waals surface area contributed by atoms with Gasteiger partial charge in [-0.2, -0.15) is 26.3 Å². The number of halogens is 7. The Morgan fingerprint density at radius 2 is 1.33 bits per heavy atom. The van der Waals surface area contributed by atoms with Crippen LogP contribution in [0.15, 0.2) is 66.7 Å². The molecule has 0 saturated heterocycles. The van der Waals surface area contributed by atoms with Gasteiger partial charge in [0, 0.05) is 17.7 Å². The van der Waals surface area contributed by atoms with Gasteiger partial charge in [-0.3, -0.25) is 4.79 Å². The molecule has 1 unspecified atom stereocenters. The lowest BCUT2D eigenvalue weighted by atomic mass is 9.87. The largest absolute Gasteiger partial charge is 0.416 e. The normalized spacial score (nSPS) is 16.5. The van der Waals surface area contributed by atoms with Gasteiger partial charge in [0.2, 0.25) is 0 Å². The Bertz CT molecular complexity index is 1170. The standard InChI is InChI=1S/C24H16F7NO/c25-20-8-4-3-7-19(20)21-18-6-2-1-5-14(18)9-10-32(21)22(33)15-11-16(23(26,27)28)13-17(12-15)24(29,30)31/h1-8,11-13,21H,9-10H2. The van der Waals surface area contributed by atoms with E-state index < -0.39 is 46.8 Å². The van der Waals surface area contributed by atoms with Crippen LogP contribution in [-0.4, -0.2) is 17.4 Å². The molecule has 0 N–H and O–H groups in total. The van der Waals surface area contributed by atoms with E-state index in [0.29, 0.717) is 24.1 Å². The second-order valence-electron chi connectivity index (χ2n) is 7.67. The van der Waals surface area contributed by atoms with Gasteiger partial charge in [0.25, 0.3) is 5.91 Å². The lowest BCUT2D eigenvalue weighted by molar-refractivity contribution is -0.143. The van der Waals surface area contributed by atoms with Crippen molar-refractivity contribution in [3.05, 3.63) is 106 Å². The molecule has 0 aromatic heterocycles. The maximum absolute atomic E-state index is 14.7. The average Bonchev–Trinajstić information content (AvgIpc) is 2.77. The number of hydrogen-bond donors (Lipinski definition) is 0. The van der Waals surface area contributed by atoms with Crippen LogP contribution in [0.5, 0.6) is 0 Å². The van der Waals surface area contributed by atoms with Crippen molar-refractivity contribution >= 4 is 5.91 Å². The number of carbonyl (C=O) groups is 1. The predicted molar refractivity (Wildman–Crippen MR) is 106 cm³/mol. The third-order valence-corrected chi connectivity index (χ3v) is 5.58. The van der Waals surface area contributed by atoms with Crippen LogP contribution in [0.3, 0.4) is 0 Å². The highest BCUT2D eigenvalue weighted by Gasteiger charge is 2.39. The van der Waals surface area contributed by atoms with Crippen molar-refractivity contribution in [3.63, 3.8) is 0 Å². The van der Waals surface area contributed by atoms with Crippen LogP contribution in [0.25, 0.3) is 0 Å². The summed E-state index contributed by atoms with van der Waals surface area (Å²) < 4.78 is 94.5. The lowest BCUT2D eigenvalue weighted by Gasteiger charge is -2.38. The van der Waals surface area contributed by atoms with Crippen LogP contribution in [-0.2, 0) is 18.8 Å². The molecule has 1 amide bonds. The monoisotopic (exact) mass is 467 g/mol.